The highest BCUT2D eigenvalue weighted by Gasteiger charge is 2.16. The number of aromatic nitrogens is 1. The van der Waals surface area contributed by atoms with Crippen LogP contribution in [0, 0.1) is 5.82 Å². The molecule has 0 fully saturated rings. The van der Waals surface area contributed by atoms with Crippen LogP contribution in [0.2, 0.25) is 0 Å². The number of hydrogen-bond donors (Lipinski definition) is 0. The number of methoxy groups -OCH3 is 2. The highest BCUT2D eigenvalue weighted by Crippen LogP contribution is 2.39. The second-order valence-corrected chi connectivity index (χ2v) is 6.55. The molecule has 4 heteroatoms. The molecule has 0 bridgehead atoms. The molecule has 3 nitrogen and oxygen atoms in total. The van der Waals surface area contributed by atoms with E-state index in [0.717, 1.165) is 45.0 Å². The van der Waals surface area contributed by atoms with Crippen LogP contribution in [0.15, 0.2) is 85.1 Å². The molecule has 0 saturated carbocycles. The molecule has 0 N–H and O–H groups in total. The third kappa shape index (κ3) is 3.83. The van der Waals surface area contributed by atoms with Crippen LogP contribution in [-0.4, -0.2) is 19.2 Å². The van der Waals surface area contributed by atoms with Gasteiger partial charge in [0, 0.05) is 17.3 Å². The second kappa shape index (κ2) is 8.15. The van der Waals surface area contributed by atoms with Crippen LogP contribution in [-0.2, 0) is 0 Å². The lowest BCUT2D eigenvalue weighted by molar-refractivity contribution is 0.415. The van der Waals surface area contributed by atoms with E-state index in [9.17, 15) is 4.39 Å². The molecule has 1 aromatic heterocycles. The summed E-state index contributed by atoms with van der Waals surface area (Å²) in [5.41, 5.74) is 5.63. The van der Waals surface area contributed by atoms with Crippen LogP contribution in [0.25, 0.3) is 33.5 Å². The minimum atomic E-state index is -0.274. The molecule has 0 radical (unpaired) electrons. The van der Waals surface area contributed by atoms with Gasteiger partial charge in [-0.3, -0.25) is 4.98 Å². The molecular weight excluding hydrogens is 365 g/mol. The molecule has 0 unspecified atom stereocenters. The molecule has 4 rings (SSSR count). The molecule has 0 saturated heterocycles. The van der Waals surface area contributed by atoms with Crippen molar-refractivity contribution in [2.24, 2.45) is 0 Å². The Morgan fingerprint density at radius 2 is 1.38 bits per heavy atom. The number of hydrogen-bond acceptors (Lipinski definition) is 3. The molecule has 0 spiro atoms. The molecule has 1 heterocycles. The van der Waals surface area contributed by atoms with Gasteiger partial charge in [-0.05, 0) is 71.3 Å². The fourth-order valence-corrected chi connectivity index (χ4v) is 3.37. The Bertz CT molecular complexity index is 1120. The maximum absolute atomic E-state index is 13.5. The van der Waals surface area contributed by atoms with Crippen LogP contribution in [0.3, 0.4) is 0 Å². The van der Waals surface area contributed by atoms with Gasteiger partial charge in [-0.25, -0.2) is 4.39 Å². The topological polar surface area (TPSA) is 31.4 Å². The highest BCUT2D eigenvalue weighted by molar-refractivity contribution is 5.92. The first-order valence-corrected chi connectivity index (χ1v) is 9.23. The molecule has 0 aliphatic rings. The number of ether oxygens (including phenoxy) is 2. The van der Waals surface area contributed by atoms with Gasteiger partial charge < -0.3 is 9.47 Å². The van der Waals surface area contributed by atoms with Gasteiger partial charge in [-0.1, -0.05) is 24.3 Å². The van der Waals surface area contributed by atoms with Crippen LogP contribution < -0.4 is 9.47 Å². The van der Waals surface area contributed by atoms with Crippen LogP contribution in [0.5, 0.6) is 11.5 Å². The Labute approximate surface area is 169 Å². The Morgan fingerprint density at radius 3 is 2.07 bits per heavy atom. The van der Waals surface area contributed by atoms with E-state index in [4.69, 9.17) is 9.47 Å². The molecular formula is C25H20FNO2. The quantitative estimate of drug-likeness (QED) is 0.407. The van der Waals surface area contributed by atoms with E-state index in [2.05, 4.69) is 4.98 Å². The fraction of sp³-hybridized carbons (Fsp3) is 0.0800. The fourth-order valence-electron chi connectivity index (χ4n) is 3.37. The van der Waals surface area contributed by atoms with E-state index in [1.54, 1.807) is 32.5 Å². The highest BCUT2D eigenvalue weighted by atomic mass is 19.1. The van der Waals surface area contributed by atoms with E-state index in [1.807, 2.05) is 54.6 Å². The van der Waals surface area contributed by atoms with E-state index in [-0.39, 0.29) is 5.82 Å². The summed E-state index contributed by atoms with van der Waals surface area (Å²) in [7, 11) is 3.30. The van der Waals surface area contributed by atoms with Crippen molar-refractivity contribution in [2.75, 3.05) is 14.2 Å². The lowest BCUT2D eigenvalue weighted by Crippen LogP contribution is -1.94. The third-order valence-electron chi connectivity index (χ3n) is 4.83. The molecule has 0 atom stereocenters. The second-order valence-electron chi connectivity index (χ2n) is 6.55. The van der Waals surface area contributed by atoms with E-state index < -0.39 is 0 Å². The van der Waals surface area contributed by atoms with Crippen molar-refractivity contribution in [1.82, 2.24) is 4.98 Å². The average molecular weight is 385 g/mol. The van der Waals surface area contributed by atoms with Gasteiger partial charge in [0.25, 0.3) is 0 Å². The number of benzene rings is 3. The average Bonchev–Trinajstić information content (AvgIpc) is 2.79. The van der Waals surface area contributed by atoms with Gasteiger partial charge >= 0.3 is 0 Å². The van der Waals surface area contributed by atoms with E-state index in [1.165, 1.54) is 12.1 Å². The van der Waals surface area contributed by atoms with Gasteiger partial charge in [0.1, 0.15) is 17.3 Å². The Balaban J connectivity index is 1.97. The molecule has 0 amide bonds. The molecule has 3 aromatic carbocycles. The summed E-state index contributed by atoms with van der Waals surface area (Å²) in [5.74, 6) is 1.29. The third-order valence-corrected chi connectivity index (χ3v) is 4.83. The summed E-state index contributed by atoms with van der Waals surface area (Å²) in [6, 6.07) is 24.2. The van der Waals surface area contributed by atoms with E-state index in [0.29, 0.717) is 0 Å². The molecule has 0 aliphatic heterocycles. The molecule has 144 valence electrons. The van der Waals surface area contributed by atoms with E-state index >= 15 is 0 Å². The predicted octanol–water partition coefficient (Wildman–Crippen LogP) is 6.24. The number of nitrogens with zero attached hydrogens (tertiary/aromatic N) is 1. The maximum Gasteiger partial charge on any atom is 0.123 e. The first kappa shape index (κ1) is 18.7. The van der Waals surface area contributed by atoms with Crippen molar-refractivity contribution in [2.45, 2.75) is 0 Å². The molecule has 29 heavy (non-hydrogen) atoms. The zero-order chi connectivity index (χ0) is 20.2. The Hall–Kier alpha value is -3.66. The summed E-state index contributed by atoms with van der Waals surface area (Å²) in [6.45, 7) is 0. The van der Waals surface area contributed by atoms with Crippen molar-refractivity contribution < 1.29 is 13.9 Å². The van der Waals surface area contributed by atoms with Gasteiger partial charge in [0.15, 0.2) is 0 Å². The van der Waals surface area contributed by atoms with Crippen LogP contribution >= 0.6 is 0 Å². The normalized spacial score (nSPS) is 10.6. The number of rotatable bonds is 5. The zero-order valence-electron chi connectivity index (χ0n) is 16.2. The van der Waals surface area contributed by atoms with Crippen molar-refractivity contribution in [3.05, 3.63) is 90.9 Å². The number of halogens is 1. The summed E-state index contributed by atoms with van der Waals surface area (Å²) in [5, 5.41) is 0. The smallest absolute Gasteiger partial charge is 0.123 e. The molecule has 0 aliphatic carbocycles. The molecule has 4 aromatic rings. The largest absolute Gasteiger partial charge is 0.497 e. The van der Waals surface area contributed by atoms with Gasteiger partial charge in [-0.15, -0.1) is 0 Å². The minimum absolute atomic E-state index is 0.274. The van der Waals surface area contributed by atoms with Gasteiger partial charge in [-0.2, -0.15) is 0 Å². The summed E-state index contributed by atoms with van der Waals surface area (Å²) in [6.07, 6.45) is 1.78. The minimum Gasteiger partial charge on any atom is -0.497 e. The van der Waals surface area contributed by atoms with Gasteiger partial charge in [0.05, 0.1) is 19.9 Å². The van der Waals surface area contributed by atoms with Crippen molar-refractivity contribution in [3.63, 3.8) is 0 Å². The van der Waals surface area contributed by atoms with Crippen molar-refractivity contribution >= 4 is 0 Å². The monoisotopic (exact) mass is 385 g/mol. The first-order chi connectivity index (χ1) is 14.2. The Kier molecular flexibility index (Phi) is 5.25. The maximum atomic E-state index is 13.5. The zero-order valence-corrected chi connectivity index (χ0v) is 16.2. The summed E-state index contributed by atoms with van der Waals surface area (Å²) in [4.78, 5) is 4.64. The summed E-state index contributed by atoms with van der Waals surface area (Å²) >= 11 is 0. The lowest BCUT2D eigenvalue weighted by atomic mass is 9.91. The van der Waals surface area contributed by atoms with Crippen molar-refractivity contribution in [1.29, 1.82) is 0 Å². The number of pyridine rings is 1. The van der Waals surface area contributed by atoms with Crippen LogP contribution in [0.4, 0.5) is 4.39 Å². The SMILES string of the molecule is COc1ccc(-c2c(-c3cccc(OC)c3)ccnc2-c2ccc(F)cc2)cc1. The van der Waals surface area contributed by atoms with Crippen LogP contribution in [0.1, 0.15) is 0 Å². The summed E-state index contributed by atoms with van der Waals surface area (Å²) < 4.78 is 24.2. The van der Waals surface area contributed by atoms with Gasteiger partial charge in [0.2, 0.25) is 0 Å². The first-order valence-electron chi connectivity index (χ1n) is 9.23. The standard InChI is InChI=1S/C25H20FNO2/c1-28-21-12-8-17(9-13-21)24-23(19-4-3-5-22(16-19)29-2)14-15-27-25(24)18-6-10-20(26)11-7-18/h3-16H,1-2H3. The lowest BCUT2D eigenvalue weighted by Gasteiger charge is -2.16. The predicted molar refractivity (Wildman–Crippen MR) is 114 cm³/mol. The van der Waals surface area contributed by atoms with Crippen molar-refractivity contribution in [3.8, 4) is 45.0 Å². The Morgan fingerprint density at radius 1 is 0.690 bits per heavy atom.